The van der Waals surface area contributed by atoms with E-state index < -0.39 is 0 Å². The van der Waals surface area contributed by atoms with Crippen molar-refractivity contribution in [2.24, 2.45) is 11.3 Å². The molecule has 2 unspecified atom stereocenters. The third-order valence-electron chi connectivity index (χ3n) is 6.18. The topological polar surface area (TPSA) is 74.2 Å². The fraction of sp³-hybridized carbons (Fsp3) is 0.619. The van der Waals surface area contributed by atoms with Crippen LogP contribution in [0.15, 0.2) is 24.3 Å². The maximum Gasteiger partial charge on any atom is 0.220 e. The number of carbonyl (C=O) groups is 1. The first kappa shape index (κ1) is 21.5. The fourth-order valence-corrected chi connectivity index (χ4v) is 5.75. The molecule has 2 fully saturated rings. The number of hydrogen-bond acceptors (Lipinski definition) is 5. The van der Waals surface area contributed by atoms with E-state index in [9.17, 15) is 9.90 Å². The number of benzene rings is 1. The van der Waals surface area contributed by atoms with E-state index in [1.165, 1.54) is 24.0 Å². The van der Waals surface area contributed by atoms with Gasteiger partial charge in [-0.05, 0) is 30.4 Å². The molecule has 2 heterocycles. The Bertz CT molecular complexity index is 758. The van der Waals surface area contributed by atoms with Crippen molar-refractivity contribution in [3.05, 3.63) is 29.3 Å². The first-order valence-electron chi connectivity index (χ1n) is 10.1. The molecule has 2 aliphatic rings. The lowest BCUT2D eigenvalue weighted by Crippen LogP contribution is -2.38. The number of rotatable bonds is 6. The van der Waals surface area contributed by atoms with Gasteiger partial charge in [0.25, 0.3) is 0 Å². The van der Waals surface area contributed by atoms with Gasteiger partial charge < -0.3 is 15.7 Å². The van der Waals surface area contributed by atoms with Crippen LogP contribution in [-0.4, -0.2) is 41.7 Å². The molecule has 1 aromatic heterocycles. The lowest BCUT2D eigenvalue weighted by molar-refractivity contribution is -0.124. The van der Waals surface area contributed by atoms with E-state index >= 15 is 0 Å². The Morgan fingerprint density at radius 1 is 1.25 bits per heavy atom. The van der Waals surface area contributed by atoms with Crippen LogP contribution >= 0.6 is 23.7 Å². The van der Waals surface area contributed by atoms with Gasteiger partial charge in [-0.15, -0.1) is 23.7 Å². The molecule has 2 atom stereocenters. The number of aromatic nitrogens is 1. The Labute approximate surface area is 176 Å². The van der Waals surface area contributed by atoms with E-state index in [0.29, 0.717) is 19.5 Å². The van der Waals surface area contributed by atoms with Crippen molar-refractivity contribution >= 4 is 39.9 Å². The molecule has 7 heteroatoms. The molecular formula is C21H30ClN3O2S. The van der Waals surface area contributed by atoms with Crippen LogP contribution in [0.5, 0.6) is 0 Å². The number of amides is 1. The van der Waals surface area contributed by atoms with Gasteiger partial charge in [0, 0.05) is 38.4 Å². The van der Waals surface area contributed by atoms with Crippen LogP contribution in [0.2, 0.25) is 0 Å². The lowest BCUT2D eigenvalue weighted by atomic mass is 9.69. The van der Waals surface area contributed by atoms with Crippen LogP contribution in [0.1, 0.15) is 43.5 Å². The van der Waals surface area contributed by atoms with E-state index in [4.69, 9.17) is 4.98 Å². The van der Waals surface area contributed by atoms with Gasteiger partial charge in [0.05, 0.1) is 21.3 Å². The molecule has 1 saturated heterocycles. The maximum atomic E-state index is 12.7. The lowest BCUT2D eigenvalue weighted by Gasteiger charge is -2.36. The van der Waals surface area contributed by atoms with Crippen LogP contribution < -0.4 is 10.6 Å². The van der Waals surface area contributed by atoms with Crippen molar-refractivity contribution in [1.82, 2.24) is 15.6 Å². The molecule has 1 aromatic carbocycles. The number of nitrogens with zero attached hydrogens (tertiary/aromatic N) is 1. The number of carbonyl (C=O) groups excluding carboxylic acids is 1. The van der Waals surface area contributed by atoms with Crippen LogP contribution in [0.4, 0.5) is 0 Å². The predicted octanol–water partition coefficient (Wildman–Crippen LogP) is 3.30. The molecule has 0 bridgehead atoms. The van der Waals surface area contributed by atoms with Gasteiger partial charge in [0.1, 0.15) is 0 Å². The standard InChI is InChI=1S/C21H29N3O2S.ClH/c25-17-14-22-12-15(17)13-23-19(26)10-21(8-4-1-5-9-21)11-20-24-16-6-2-3-7-18(16)27-20;/h2-3,6-7,15,17,22,25H,1,4-5,8-14H2,(H,23,26);1H. The second kappa shape index (κ2) is 9.53. The summed E-state index contributed by atoms with van der Waals surface area (Å²) in [7, 11) is 0. The maximum absolute atomic E-state index is 12.7. The summed E-state index contributed by atoms with van der Waals surface area (Å²) in [5.74, 6) is 0.248. The Hall–Kier alpha value is -1.21. The number of fused-ring (bicyclic) bond motifs is 1. The molecule has 1 aliphatic heterocycles. The van der Waals surface area contributed by atoms with E-state index in [1.54, 1.807) is 11.3 Å². The third kappa shape index (κ3) is 5.03. The van der Waals surface area contributed by atoms with Crippen LogP contribution in [0.3, 0.4) is 0 Å². The Balaban J connectivity index is 0.00000225. The monoisotopic (exact) mass is 423 g/mol. The Kier molecular flexibility index (Phi) is 7.31. The van der Waals surface area contributed by atoms with Gasteiger partial charge in [0.15, 0.2) is 0 Å². The summed E-state index contributed by atoms with van der Waals surface area (Å²) in [6.07, 6.45) is 6.98. The molecule has 28 heavy (non-hydrogen) atoms. The number of hydrogen-bond donors (Lipinski definition) is 3. The van der Waals surface area contributed by atoms with Gasteiger partial charge in [-0.25, -0.2) is 4.98 Å². The van der Waals surface area contributed by atoms with Crippen molar-refractivity contribution < 1.29 is 9.90 Å². The molecule has 3 N–H and O–H groups in total. The Morgan fingerprint density at radius 3 is 2.75 bits per heavy atom. The summed E-state index contributed by atoms with van der Waals surface area (Å²) in [6, 6.07) is 8.27. The minimum Gasteiger partial charge on any atom is -0.391 e. The minimum absolute atomic E-state index is 0. The fourth-order valence-electron chi connectivity index (χ4n) is 4.61. The Morgan fingerprint density at radius 2 is 2.04 bits per heavy atom. The van der Waals surface area contributed by atoms with Crippen molar-refractivity contribution in [2.75, 3.05) is 19.6 Å². The van der Waals surface area contributed by atoms with Crippen molar-refractivity contribution in [2.45, 2.75) is 51.0 Å². The molecule has 0 radical (unpaired) electrons. The number of halogens is 1. The molecule has 0 spiro atoms. The third-order valence-corrected chi connectivity index (χ3v) is 7.22. The zero-order valence-electron chi connectivity index (χ0n) is 16.2. The highest BCUT2D eigenvalue weighted by atomic mass is 35.5. The van der Waals surface area contributed by atoms with Crippen LogP contribution in [0, 0.1) is 11.3 Å². The highest BCUT2D eigenvalue weighted by Crippen LogP contribution is 2.43. The first-order valence-corrected chi connectivity index (χ1v) is 11.0. The zero-order valence-corrected chi connectivity index (χ0v) is 17.8. The van der Waals surface area contributed by atoms with Crippen molar-refractivity contribution in [3.8, 4) is 0 Å². The highest BCUT2D eigenvalue weighted by molar-refractivity contribution is 7.18. The van der Waals surface area contributed by atoms with E-state index in [0.717, 1.165) is 36.3 Å². The SMILES string of the molecule is Cl.O=C(CC1(Cc2nc3ccccc3s2)CCCCC1)NCC1CNCC1O. The smallest absolute Gasteiger partial charge is 0.220 e. The zero-order chi connectivity index (χ0) is 18.7. The number of β-amino-alcohol motifs (C(OH)–C–C–N with tert-alkyl or cyclic N) is 1. The quantitative estimate of drug-likeness (QED) is 0.666. The van der Waals surface area contributed by atoms with Crippen molar-refractivity contribution in [3.63, 3.8) is 0 Å². The van der Waals surface area contributed by atoms with Gasteiger partial charge in [-0.3, -0.25) is 4.79 Å². The summed E-state index contributed by atoms with van der Waals surface area (Å²) in [5, 5.41) is 17.3. The molecule has 1 saturated carbocycles. The predicted molar refractivity (Wildman–Crippen MR) is 116 cm³/mol. The molecular weight excluding hydrogens is 394 g/mol. The second-order valence-corrected chi connectivity index (χ2v) is 9.39. The summed E-state index contributed by atoms with van der Waals surface area (Å²) in [5.41, 5.74) is 1.10. The van der Waals surface area contributed by atoms with Crippen molar-refractivity contribution in [1.29, 1.82) is 0 Å². The van der Waals surface area contributed by atoms with Crippen LogP contribution in [-0.2, 0) is 11.2 Å². The van der Waals surface area contributed by atoms with Gasteiger partial charge >= 0.3 is 0 Å². The van der Waals surface area contributed by atoms with Crippen LogP contribution in [0.25, 0.3) is 10.2 Å². The summed E-state index contributed by atoms with van der Waals surface area (Å²) < 4.78 is 1.23. The second-order valence-electron chi connectivity index (χ2n) is 8.28. The molecule has 2 aromatic rings. The number of para-hydroxylation sites is 1. The van der Waals surface area contributed by atoms with E-state index in [-0.39, 0.29) is 35.8 Å². The van der Waals surface area contributed by atoms with E-state index in [1.807, 2.05) is 6.07 Å². The number of thiazole rings is 1. The summed E-state index contributed by atoms with van der Waals surface area (Å²) in [4.78, 5) is 17.5. The average Bonchev–Trinajstić information content (AvgIpc) is 3.25. The molecule has 1 aliphatic carbocycles. The number of aliphatic hydroxyl groups excluding tert-OH is 1. The molecule has 4 rings (SSSR count). The van der Waals surface area contributed by atoms with Gasteiger partial charge in [0.2, 0.25) is 5.91 Å². The van der Waals surface area contributed by atoms with E-state index in [2.05, 4.69) is 28.8 Å². The first-order chi connectivity index (χ1) is 13.1. The molecule has 154 valence electrons. The average molecular weight is 424 g/mol. The molecule has 1 amide bonds. The summed E-state index contributed by atoms with van der Waals surface area (Å²) >= 11 is 1.77. The van der Waals surface area contributed by atoms with Gasteiger partial charge in [-0.2, -0.15) is 0 Å². The summed E-state index contributed by atoms with van der Waals surface area (Å²) in [6.45, 7) is 1.96. The van der Waals surface area contributed by atoms with Gasteiger partial charge in [-0.1, -0.05) is 31.4 Å². The molecule has 5 nitrogen and oxygen atoms in total. The largest absolute Gasteiger partial charge is 0.391 e. The highest BCUT2D eigenvalue weighted by Gasteiger charge is 2.36. The minimum atomic E-state index is -0.350. The normalized spacial score (nSPS) is 24.0. The number of aliphatic hydroxyl groups is 1. The number of nitrogens with one attached hydrogen (secondary N) is 2.